The summed E-state index contributed by atoms with van der Waals surface area (Å²) in [5.74, 6) is 1.26. The average molecular weight is 402 g/mol. The second kappa shape index (κ2) is 7.31. The fourth-order valence-electron chi connectivity index (χ4n) is 5.26. The Hall–Kier alpha value is -2.09. The lowest BCUT2D eigenvalue weighted by atomic mass is 9.86. The number of hydrogen-bond acceptors (Lipinski definition) is 5. The zero-order valence-corrected chi connectivity index (χ0v) is 17.1. The van der Waals surface area contributed by atoms with Crippen molar-refractivity contribution in [2.75, 3.05) is 39.4 Å². The number of urea groups is 1. The fraction of sp³-hybridized carbons (Fsp3) is 0.762. The number of nitrogens with zero attached hydrogens (tertiary/aromatic N) is 4. The number of ether oxygens (including phenoxy) is 1. The van der Waals surface area contributed by atoms with Crippen molar-refractivity contribution in [2.45, 2.75) is 57.0 Å². The van der Waals surface area contributed by atoms with E-state index in [1.807, 2.05) is 4.90 Å². The number of carbonyl (C=O) groups is 2. The molecule has 0 N–H and O–H groups in total. The van der Waals surface area contributed by atoms with Crippen LogP contribution in [0, 0.1) is 12.8 Å². The molecule has 0 atom stereocenters. The first-order valence-corrected chi connectivity index (χ1v) is 10.9. The lowest BCUT2D eigenvalue weighted by molar-refractivity contribution is -0.0153. The quantitative estimate of drug-likeness (QED) is 0.772. The lowest BCUT2D eigenvalue weighted by Crippen LogP contribution is -2.57. The van der Waals surface area contributed by atoms with Gasteiger partial charge in [0.05, 0.1) is 5.54 Å². The van der Waals surface area contributed by atoms with Crippen LogP contribution >= 0.6 is 0 Å². The summed E-state index contributed by atoms with van der Waals surface area (Å²) in [6, 6.07) is 2.08. The number of likely N-dealkylation sites (tertiary alicyclic amines) is 1. The topological polar surface area (TPSA) is 79.1 Å². The SMILES string of the molecule is Cc1cc(C(=O)N2CCC(N3C(=O)N(CC4CC4)CC34CCOCC4)CC2)no1. The molecule has 1 spiro atoms. The molecular weight excluding hydrogens is 372 g/mol. The Morgan fingerprint density at radius 2 is 1.93 bits per heavy atom. The third kappa shape index (κ3) is 3.52. The van der Waals surface area contributed by atoms with Crippen molar-refractivity contribution in [3.63, 3.8) is 0 Å². The molecule has 1 aliphatic carbocycles. The number of rotatable bonds is 4. The number of piperidine rings is 1. The summed E-state index contributed by atoms with van der Waals surface area (Å²) >= 11 is 0. The standard InChI is InChI=1S/C21H30N4O4/c1-15-12-18(22-29-15)19(26)23-8-4-17(5-9-23)25-20(27)24(13-16-2-3-16)14-21(25)6-10-28-11-7-21/h12,16-17H,2-11,13-14H2,1H3. The van der Waals surface area contributed by atoms with Crippen LogP contribution in [-0.2, 0) is 4.74 Å². The molecule has 0 aromatic carbocycles. The van der Waals surface area contributed by atoms with Crippen molar-refractivity contribution in [3.05, 3.63) is 17.5 Å². The van der Waals surface area contributed by atoms with Crippen molar-refractivity contribution in [2.24, 2.45) is 5.92 Å². The van der Waals surface area contributed by atoms with E-state index in [4.69, 9.17) is 9.26 Å². The molecule has 5 rings (SSSR count). The number of amides is 3. The molecule has 3 saturated heterocycles. The second-order valence-electron chi connectivity index (χ2n) is 9.16. The highest BCUT2D eigenvalue weighted by atomic mass is 16.5. The van der Waals surface area contributed by atoms with Crippen LogP contribution in [0.1, 0.15) is 54.8 Å². The Morgan fingerprint density at radius 1 is 1.21 bits per heavy atom. The van der Waals surface area contributed by atoms with Crippen LogP contribution in [-0.4, -0.2) is 82.8 Å². The molecule has 8 nitrogen and oxygen atoms in total. The number of hydrogen-bond donors (Lipinski definition) is 0. The predicted molar refractivity (Wildman–Crippen MR) is 104 cm³/mol. The van der Waals surface area contributed by atoms with E-state index in [0.717, 1.165) is 52.0 Å². The molecule has 4 heterocycles. The van der Waals surface area contributed by atoms with Gasteiger partial charge in [0.2, 0.25) is 0 Å². The third-order valence-corrected chi connectivity index (χ3v) is 7.04. The van der Waals surface area contributed by atoms with Crippen molar-refractivity contribution >= 4 is 11.9 Å². The van der Waals surface area contributed by atoms with Crippen molar-refractivity contribution < 1.29 is 18.8 Å². The molecule has 0 radical (unpaired) electrons. The van der Waals surface area contributed by atoms with Crippen LogP contribution in [0.3, 0.4) is 0 Å². The molecule has 1 aromatic heterocycles. The van der Waals surface area contributed by atoms with Crippen molar-refractivity contribution in [1.82, 2.24) is 19.9 Å². The van der Waals surface area contributed by atoms with Gasteiger partial charge >= 0.3 is 6.03 Å². The minimum absolute atomic E-state index is 0.0795. The lowest BCUT2D eigenvalue weighted by Gasteiger charge is -2.46. The van der Waals surface area contributed by atoms with Crippen LogP contribution < -0.4 is 0 Å². The van der Waals surface area contributed by atoms with Crippen LogP contribution in [0.2, 0.25) is 0 Å². The van der Waals surface area contributed by atoms with E-state index in [1.165, 1.54) is 12.8 Å². The van der Waals surface area contributed by atoms with E-state index in [9.17, 15) is 9.59 Å². The van der Waals surface area contributed by atoms with Gasteiger partial charge in [0.15, 0.2) is 5.69 Å². The summed E-state index contributed by atoms with van der Waals surface area (Å²) in [4.78, 5) is 32.2. The monoisotopic (exact) mass is 402 g/mol. The van der Waals surface area contributed by atoms with Gasteiger partial charge in [-0.1, -0.05) is 5.16 Å². The Balaban J connectivity index is 1.28. The van der Waals surface area contributed by atoms with Crippen LogP contribution in [0.25, 0.3) is 0 Å². The second-order valence-corrected chi connectivity index (χ2v) is 9.16. The molecule has 0 unspecified atom stereocenters. The Bertz CT molecular complexity index is 775. The van der Waals surface area contributed by atoms with Crippen molar-refractivity contribution in [1.29, 1.82) is 0 Å². The molecule has 158 valence electrons. The molecule has 0 bridgehead atoms. The first-order valence-electron chi connectivity index (χ1n) is 10.9. The summed E-state index contributed by atoms with van der Waals surface area (Å²) in [6.07, 6.45) is 5.96. The molecule has 4 fully saturated rings. The van der Waals surface area contributed by atoms with Gasteiger partial charge in [-0.25, -0.2) is 4.79 Å². The molecule has 1 saturated carbocycles. The summed E-state index contributed by atoms with van der Waals surface area (Å²) in [7, 11) is 0. The van der Waals surface area contributed by atoms with Gasteiger partial charge in [-0.15, -0.1) is 0 Å². The highest BCUT2D eigenvalue weighted by Crippen LogP contribution is 2.41. The molecule has 29 heavy (non-hydrogen) atoms. The predicted octanol–water partition coefficient (Wildman–Crippen LogP) is 2.28. The van der Waals surface area contributed by atoms with E-state index in [-0.39, 0.29) is 23.5 Å². The zero-order chi connectivity index (χ0) is 20.0. The number of aromatic nitrogens is 1. The normalized spacial score (nSPS) is 25.3. The van der Waals surface area contributed by atoms with Gasteiger partial charge < -0.3 is 24.0 Å². The Kier molecular flexibility index (Phi) is 4.76. The highest BCUT2D eigenvalue weighted by Gasteiger charge is 2.53. The molecule has 3 amide bonds. The minimum atomic E-state index is -0.0930. The van der Waals surface area contributed by atoms with Gasteiger partial charge in [0, 0.05) is 51.5 Å². The fourth-order valence-corrected chi connectivity index (χ4v) is 5.26. The van der Waals surface area contributed by atoms with E-state index < -0.39 is 0 Å². The first kappa shape index (κ1) is 18.9. The summed E-state index contributed by atoms with van der Waals surface area (Å²) in [5, 5.41) is 3.86. The van der Waals surface area contributed by atoms with Crippen LogP contribution in [0.4, 0.5) is 4.79 Å². The van der Waals surface area contributed by atoms with Gasteiger partial charge in [-0.2, -0.15) is 0 Å². The third-order valence-electron chi connectivity index (χ3n) is 7.04. The Morgan fingerprint density at radius 3 is 2.55 bits per heavy atom. The van der Waals surface area contributed by atoms with Crippen molar-refractivity contribution in [3.8, 4) is 0 Å². The van der Waals surface area contributed by atoms with E-state index >= 15 is 0 Å². The van der Waals surface area contributed by atoms with Crippen LogP contribution in [0.5, 0.6) is 0 Å². The van der Waals surface area contributed by atoms with E-state index in [0.29, 0.717) is 30.5 Å². The molecule has 4 aliphatic rings. The van der Waals surface area contributed by atoms with E-state index in [2.05, 4.69) is 15.0 Å². The first-order chi connectivity index (χ1) is 14.1. The molecule has 1 aromatic rings. The van der Waals surface area contributed by atoms with E-state index in [1.54, 1.807) is 13.0 Å². The van der Waals surface area contributed by atoms with Gasteiger partial charge in [-0.3, -0.25) is 4.79 Å². The summed E-state index contributed by atoms with van der Waals surface area (Å²) in [6.45, 7) is 6.27. The zero-order valence-electron chi connectivity index (χ0n) is 17.1. The summed E-state index contributed by atoms with van der Waals surface area (Å²) in [5.41, 5.74) is 0.277. The smallest absolute Gasteiger partial charge is 0.320 e. The highest BCUT2D eigenvalue weighted by molar-refractivity contribution is 5.92. The molecule has 3 aliphatic heterocycles. The Labute approximate surface area is 171 Å². The van der Waals surface area contributed by atoms with Crippen LogP contribution in [0.15, 0.2) is 10.6 Å². The summed E-state index contributed by atoms with van der Waals surface area (Å²) < 4.78 is 10.7. The maximum atomic E-state index is 13.4. The molecular formula is C21H30N4O4. The largest absolute Gasteiger partial charge is 0.381 e. The van der Waals surface area contributed by atoms with Gasteiger partial charge in [-0.05, 0) is 51.4 Å². The molecule has 8 heteroatoms. The minimum Gasteiger partial charge on any atom is -0.381 e. The maximum Gasteiger partial charge on any atom is 0.320 e. The number of aryl methyl sites for hydroxylation is 1. The maximum absolute atomic E-state index is 13.4. The van der Waals surface area contributed by atoms with Gasteiger partial charge in [0.25, 0.3) is 5.91 Å². The number of carbonyl (C=O) groups excluding carboxylic acids is 2. The average Bonchev–Trinajstić information content (AvgIpc) is 3.38. The van der Waals surface area contributed by atoms with Gasteiger partial charge in [0.1, 0.15) is 5.76 Å².